The minimum absolute atomic E-state index is 0.233. The van der Waals surface area contributed by atoms with Crippen LogP contribution < -0.4 is 10.6 Å². The van der Waals surface area contributed by atoms with Crippen molar-refractivity contribution in [2.45, 2.75) is 52.1 Å². The van der Waals surface area contributed by atoms with Crippen molar-refractivity contribution in [1.29, 1.82) is 0 Å². The Bertz CT molecular complexity index is 512. The van der Waals surface area contributed by atoms with Crippen LogP contribution in [0.5, 0.6) is 0 Å². The lowest BCUT2D eigenvalue weighted by Gasteiger charge is -2.21. The summed E-state index contributed by atoms with van der Waals surface area (Å²) in [5.41, 5.74) is 2.15. The normalized spacial score (nSPS) is 27.3. The number of hydrogen-bond donors (Lipinski definition) is 2. The largest absolute Gasteiger partial charge is 0.326 e. The van der Waals surface area contributed by atoms with E-state index in [1.807, 2.05) is 12.1 Å². The molecule has 3 heteroatoms. The molecule has 3 unspecified atom stereocenters. The molecule has 0 aromatic heterocycles. The van der Waals surface area contributed by atoms with Crippen LogP contribution in [0, 0.1) is 17.8 Å². The van der Waals surface area contributed by atoms with Crippen molar-refractivity contribution in [3.8, 4) is 0 Å². The van der Waals surface area contributed by atoms with Gasteiger partial charge in [0.1, 0.15) is 0 Å². The Morgan fingerprint density at radius 2 is 2.14 bits per heavy atom. The summed E-state index contributed by atoms with van der Waals surface area (Å²) in [4.78, 5) is 12.5. The lowest BCUT2D eigenvalue weighted by atomic mass is 9.88. The highest BCUT2D eigenvalue weighted by Gasteiger charge is 2.42. The third-order valence-electron chi connectivity index (χ3n) is 4.98. The molecule has 3 atom stereocenters. The van der Waals surface area contributed by atoms with Gasteiger partial charge in [-0.2, -0.15) is 0 Å². The van der Waals surface area contributed by atoms with Crippen LogP contribution >= 0.6 is 0 Å². The summed E-state index contributed by atoms with van der Waals surface area (Å²) in [6.45, 7) is 5.12. The predicted octanol–water partition coefficient (Wildman–Crippen LogP) is 3.56. The SMILES string of the molecule is CC(C)NCc1cccc(NC(=O)C2CC3CCC2C3)c1. The van der Waals surface area contributed by atoms with E-state index < -0.39 is 0 Å². The molecule has 0 aliphatic heterocycles. The minimum atomic E-state index is 0.233. The first kappa shape index (κ1) is 14.6. The molecular formula is C18H26N2O. The van der Waals surface area contributed by atoms with Gasteiger partial charge in [0.2, 0.25) is 5.91 Å². The Hall–Kier alpha value is -1.35. The number of anilines is 1. The van der Waals surface area contributed by atoms with Crippen LogP contribution in [0.4, 0.5) is 5.69 Å². The van der Waals surface area contributed by atoms with Gasteiger partial charge in [-0.3, -0.25) is 4.79 Å². The number of carbonyl (C=O) groups is 1. The summed E-state index contributed by atoms with van der Waals surface area (Å²) in [5, 5.41) is 6.54. The average molecular weight is 286 g/mol. The number of rotatable bonds is 5. The van der Waals surface area contributed by atoms with E-state index in [1.165, 1.54) is 24.8 Å². The first-order valence-corrected chi connectivity index (χ1v) is 8.25. The molecule has 0 heterocycles. The lowest BCUT2D eigenvalue weighted by Crippen LogP contribution is -2.27. The lowest BCUT2D eigenvalue weighted by molar-refractivity contribution is -0.121. The van der Waals surface area contributed by atoms with E-state index in [0.717, 1.165) is 24.6 Å². The number of amides is 1. The second-order valence-corrected chi connectivity index (χ2v) is 7.01. The van der Waals surface area contributed by atoms with E-state index in [2.05, 4.69) is 36.6 Å². The van der Waals surface area contributed by atoms with Crippen molar-refractivity contribution in [3.63, 3.8) is 0 Å². The predicted molar refractivity (Wildman–Crippen MR) is 86.0 cm³/mol. The molecule has 2 saturated carbocycles. The number of hydrogen-bond acceptors (Lipinski definition) is 2. The smallest absolute Gasteiger partial charge is 0.227 e. The number of nitrogens with one attached hydrogen (secondary N) is 2. The van der Waals surface area contributed by atoms with Gasteiger partial charge in [-0.15, -0.1) is 0 Å². The molecule has 2 bridgehead atoms. The number of carbonyl (C=O) groups excluding carboxylic acids is 1. The topological polar surface area (TPSA) is 41.1 Å². The summed E-state index contributed by atoms with van der Waals surface area (Å²) in [5.74, 6) is 1.94. The van der Waals surface area contributed by atoms with Crippen molar-refractivity contribution in [2.24, 2.45) is 17.8 Å². The zero-order chi connectivity index (χ0) is 14.8. The Morgan fingerprint density at radius 3 is 2.81 bits per heavy atom. The van der Waals surface area contributed by atoms with E-state index in [1.54, 1.807) is 0 Å². The highest BCUT2D eigenvalue weighted by Crippen LogP contribution is 2.48. The van der Waals surface area contributed by atoms with Crippen LogP contribution in [0.2, 0.25) is 0 Å². The highest BCUT2D eigenvalue weighted by molar-refractivity contribution is 5.93. The second-order valence-electron chi connectivity index (χ2n) is 7.01. The molecule has 114 valence electrons. The second kappa shape index (κ2) is 6.18. The molecule has 2 N–H and O–H groups in total. The summed E-state index contributed by atoms with van der Waals surface area (Å²) in [6.07, 6.45) is 4.97. The minimum Gasteiger partial charge on any atom is -0.326 e. The van der Waals surface area contributed by atoms with Crippen LogP contribution in [-0.4, -0.2) is 11.9 Å². The Labute approximate surface area is 127 Å². The fraction of sp³-hybridized carbons (Fsp3) is 0.611. The van der Waals surface area contributed by atoms with Crippen molar-refractivity contribution in [2.75, 3.05) is 5.32 Å². The number of fused-ring (bicyclic) bond motifs is 2. The van der Waals surface area contributed by atoms with E-state index in [-0.39, 0.29) is 11.8 Å². The molecule has 3 rings (SSSR count). The number of benzene rings is 1. The molecule has 0 radical (unpaired) electrons. The van der Waals surface area contributed by atoms with E-state index in [9.17, 15) is 4.79 Å². The van der Waals surface area contributed by atoms with Crippen molar-refractivity contribution in [3.05, 3.63) is 29.8 Å². The summed E-state index contributed by atoms with van der Waals surface area (Å²) >= 11 is 0. The molecule has 0 spiro atoms. The molecule has 3 nitrogen and oxygen atoms in total. The van der Waals surface area contributed by atoms with Crippen molar-refractivity contribution in [1.82, 2.24) is 5.32 Å². The molecule has 0 saturated heterocycles. The van der Waals surface area contributed by atoms with Crippen LogP contribution in [0.15, 0.2) is 24.3 Å². The van der Waals surface area contributed by atoms with E-state index in [4.69, 9.17) is 0 Å². The summed E-state index contributed by atoms with van der Waals surface area (Å²) in [6, 6.07) is 8.66. The molecule has 1 aromatic rings. The van der Waals surface area contributed by atoms with Gasteiger partial charge in [0.05, 0.1) is 0 Å². The zero-order valence-corrected chi connectivity index (χ0v) is 13.1. The maximum absolute atomic E-state index is 12.5. The van der Waals surface area contributed by atoms with Gasteiger partial charge in [-0.25, -0.2) is 0 Å². The standard InChI is InChI=1S/C18H26N2O/c1-12(2)19-11-14-4-3-5-16(9-14)20-18(21)17-10-13-6-7-15(17)8-13/h3-5,9,12-13,15,17,19H,6-8,10-11H2,1-2H3,(H,20,21). The Kier molecular flexibility index (Phi) is 4.29. The fourth-order valence-electron chi connectivity index (χ4n) is 3.88. The Morgan fingerprint density at radius 1 is 1.29 bits per heavy atom. The van der Waals surface area contributed by atoms with Gasteiger partial charge in [0.25, 0.3) is 0 Å². The van der Waals surface area contributed by atoms with Gasteiger partial charge >= 0.3 is 0 Å². The molecule has 2 fully saturated rings. The van der Waals surface area contributed by atoms with Crippen LogP contribution in [0.25, 0.3) is 0 Å². The summed E-state index contributed by atoms with van der Waals surface area (Å²) < 4.78 is 0. The zero-order valence-electron chi connectivity index (χ0n) is 13.1. The molecular weight excluding hydrogens is 260 g/mol. The highest BCUT2D eigenvalue weighted by atomic mass is 16.1. The molecule has 2 aliphatic carbocycles. The monoisotopic (exact) mass is 286 g/mol. The average Bonchev–Trinajstić information content (AvgIpc) is 3.08. The Balaban J connectivity index is 1.59. The van der Waals surface area contributed by atoms with Crippen LogP contribution in [0.3, 0.4) is 0 Å². The third kappa shape index (κ3) is 3.46. The van der Waals surface area contributed by atoms with Crippen molar-refractivity contribution >= 4 is 11.6 Å². The van der Waals surface area contributed by atoms with Gasteiger partial charge in [-0.05, 0) is 48.8 Å². The van der Waals surface area contributed by atoms with Gasteiger partial charge in [0.15, 0.2) is 0 Å². The maximum atomic E-state index is 12.5. The fourth-order valence-corrected chi connectivity index (χ4v) is 3.88. The van der Waals surface area contributed by atoms with Gasteiger partial charge in [-0.1, -0.05) is 32.4 Å². The van der Waals surface area contributed by atoms with Crippen LogP contribution in [0.1, 0.15) is 45.1 Å². The quantitative estimate of drug-likeness (QED) is 0.869. The third-order valence-corrected chi connectivity index (χ3v) is 4.98. The van der Waals surface area contributed by atoms with Crippen LogP contribution in [-0.2, 0) is 11.3 Å². The van der Waals surface area contributed by atoms with Crippen molar-refractivity contribution < 1.29 is 4.79 Å². The van der Waals surface area contributed by atoms with Gasteiger partial charge in [0, 0.05) is 24.2 Å². The van der Waals surface area contributed by atoms with E-state index >= 15 is 0 Å². The molecule has 21 heavy (non-hydrogen) atoms. The maximum Gasteiger partial charge on any atom is 0.227 e. The first-order chi connectivity index (χ1) is 10.1. The molecule has 1 amide bonds. The summed E-state index contributed by atoms with van der Waals surface area (Å²) in [7, 11) is 0. The first-order valence-electron chi connectivity index (χ1n) is 8.25. The van der Waals surface area contributed by atoms with Gasteiger partial charge < -0.3 is 10.6 Å². The molecule has 2 aliphatic rings. The van der Waals surface area contributed by atoms with E-state index in [0.29, 0.717) is 12.0 Å². The molecule has 1 aromatic carbocycles.